The lowest BCUT2D eigenvalue weighted by Crippen LogP contribution is -2.47. The van der Waals surface area contributed by atoms with Crippen molar-refractivity contribution in [3.63, 3.8) is 0 Å². The van der Waals surface area contributed by atoms with Crippen LogP contribution in [0.5, 0.6) is 0 Å². The van der Waals surface area contributed by atoms with Crippen molar-refractivity contribution in [3.8, 4) is 0 Å². The van der Waals surface area contributed by atoms with E-state index >= 15 is 0 Å². The fourth-order valence-corrected chi connectivity index (χ4v) is 4.32. The molecule has 0 bridgehead atoms. The van der Waals surface area contributed by atoms with Gasteiger partial charge in [-0.1, -0.05) is 0 Å². The molecule has 0 aromatic heterocycles. The van der Waals surface area contributed by atoms with Crippen molar-refractivity contribution in [1.82, 2.24) is 0 Å². The van der Waals surface area contributed by atoms with Gasteiger partial charge in [0.2, 0.25) is 0 Å². The van der Waals surface area contributed by atoms with Gasteiger partial charge >= 0.3 is 17.9 Å². The summed E-state index contributed by atoms with van der Waals surface area (Å²) in [4.78, 5) is 49.0. The van der Waals surface area contributed by atoms with Crippen molar-refractivity contribution in [2.24, 2.45) is 23.2 Å². The highest BCUT2D eigenvalue weighted by Crippen LogP contribution is 2.57. The number of carbonyl (C=O) groups excluding carboxylic acids is 4. The second kappa shape index (κ2) is 6.68. The molecule has 128 valence electrons. The minimum absolute atomic E-state index is 0.000848. The van der Waals surface area contributed by atoms with Gasteiger partial charge in [-0.3, -0.25) is 19.2 Å². The first kappa shape index (κ1) is 17.4. The summed E-state index contributed by atoms with van der Waals surface area (Å²) in [7, 11) is 3.69. The lowest BCUT2D eigenvalue weighted by Gasteiger charge is -2.34. The van der Waals surface area contributed by atoms with Gasteiger partial charge in [0.25, 0.3) is 0 Å². The highest BCUT2D eigenvalue weighted by atomic mass is 16.5. The van der Waals surface area contributed by atoms with E-state index in [0.29, 0.717) is 19.3 Å². The lowest BCUT2D eigenvalue weighted by molar-refractivity contribution is -0.173. The third-order valence-corrected chi connectivity index (χ3v) is 5.22. The van der Waals surface area contributed by atoms with Crippen LogP contribution in [0.15, 0.2) is 0 Å². The predicted molar refractivity (Wildman–Crippen MR) is 77.0 cm³/mol. The first-order valence-electron chi connectivity index (χ1n) is 7.68. The Kier molecular flexibility index (Phi) is 5.06. The zero-order chi connectivity index (χ0) is 17.2. The fraction of sp³-hybridized carbons (Fsp3) is 0.750. The van der Waals surface area contributed by atoms with E-state index < -0.39 is 41.1 Å². The van der Waals surface area contributed by atoms with E-state index in [1.54, 1.807) is 0 Å². The van der Waals surface area contributed by atoms with Gasteiger partial charge in [0.1, 0.15) is 5.78 Å². The summed E-state index contributed by atoms with van der Waals surface area (Å²) in [5.41, 5.74) is -1.51. The molecule has 0 aromatic rings. The molecule has 0 radical (unpaired) electrons. The number of ketones is 1. The second-order valence-corrected chi connectivity index (χ2v) is 6.19. The standard InChI is InChI=1S/C16H22O7/c1-21-12(18)7-9-8-16(14(19)22-2,15(20)23-3)10-5-4-6-11(17)13(9)10/h9-10,13H,4-8H2,1-3H3. The maximum absolute atomic E-state index is 12.4. The molecule has 0 heterocycles. The summed E-state index contributed by atoms with van der Waals surface area (Å²) < 4.78 is 14.4. The van der Waals surface area contributed by atoms with Gasteiger partial charge in [0, 0.05) is 18.8 Å². The molecule has 0 N–H and O–H groups in total. The van der Waals surface area contributed by atoms with E-state index in [2.05, 4.69) is 4.74 Å². The molecular formula is C16H22O7. The SMILES string of the molecule is COC(=O)CC1CC(C(=O)OC)(C(=O)OC)C2CCCC(=O)C12. The van der Waals surface area contributed by atoms with Crippen LogP contribution in [-0.2, 0) is 33.4 Å². The summed E-state index contributed by atoms with van der Waals surface area (Å²) in [5.74, 6) is -3.27. The maximum atomic E-state index is 12.4. The normalized spacial score (nSPS) is 28.7. The second-order valence-electron chi connectivity index (χ2n) is 6.19. The predicted octanol–water partition coefficient (Wildman–Crippen LogP) is 0.887. The molecule has 23 heavy (non-hydrogen) atoms. The van der Waals surface area contributed by atoms with Crippen LogP contribution in [0.1, 0.15) is 32.1 Å². The van der Waals surface area contributed by atoms with Gasteiger partial charge in [0.15, 0.2) is 5.41 Å². The zero-order valence-corrected chi connectivity index (χ0v) is 13.6. The molecule has 7 nitrogen and oxygen atoms in total. The van der Waals surface area contributed by atoms with Gasteiger partial charge in [0.05, 0.1) is 21.3 Å². The van der Waals surface area contributed by atoms with Crippen molar-refractivity contribution in [2.75, 3.05) is 21.3 Å². The van der Waals surface area contributed by atoms with Crippen LogP contribution in [0, 0.1) is 23.2 Å². The van der Waals surface area contributed by atoms with Crippen molar-refractivity contribution in [2.45, 2.75) is 32.1 Å². The van der Waals surface area contributed by atoms with Gasteiger partial charge in [-0.05, 0) is 31.1 Å². The van der Waals surface area contributed by atoms with Crippen LogP contribution in [0.2, 0.25) is 0 Å². The Hall–Kier alpha value is -1.92. The maximum Gasteiger partial charge on any atom is 0.323 e. The molecule has 0 amide bonds. The molecule has 3 unspecified atom stereocenters. The third kappa shape index (κ3) is 2.72. The number of hydrogen-bond donors (Lipinski definition) is 0. The fourth-order valence-electron chi connectivity index (χ4n) is 4.32. The molecule has 2 rings (SSSR count). The number of hydrogen-bond acceptors (Lipinski definition) is 7. The number of rotatable bonds is 4. The zero-order valence-electron chi connectivity index (χ0n) is 13.6. The lowest BCUT2D eigenvalue weighted by atomic mass is 9.68. The summed E-state index contributed by atoms with van der Waals surface area (Å²) in [6.07, 6.45) is 1.64. The quantitative estimate of drug-likeness (QED) is 0.430. The van der Waals surface area contributed by atoms with Gasteiger partial charge < -0.3 is 14.2 Å². The van der Waals surface area contributed by atoms with Crippen LogP contribution in [0.4, 0.5) is 0 Å². The van der Waals surface area contributed by atoms with Crippen LogP contribution >= 0.6 is 0 Å². The molecule has 2 aliphatic rings. The molecule has 3 atom stereocenters. The number of ether oxygens (including phenoxy) is 3. The Morgan fingerprint density at radius 2 is 1.70 bits per heavy atom. The average Bonchev–Trinajstić information content (AvgIpc) is 2.89. The molecule has 0 spiro atoms. The van der Waals surface area contributed by atoms with Crippen molar-refractivity contribution in [1.29, 1.82) is 0 Å². The van der Waals surface area contributed by atoms with Gasteiger partial charge in [-0.15, -0.1) is 0 Å². The van der Waals surface area contributed by atoms with E-state index in [-0.39, 0.29) is 18.6 Å². The molecule has 2 fully saturated rings. The number of esters is 3. The number of carbonyl (C=O) groups is 4. The molecule has 0 aromatic carbocycles. The Balaban J connectivity index is 2.46. The van der Waals surface area contributed by atoms with E-state index in [0.717, 1.165) is 0 Å². The van der Waals surface area contributed by atoms with Crippen molar-refractivity contribution in [3.05, 3.63) is 0 Å². The molecule has 0 saturated heterocycles. The van der Waals surface area contributed by atoms with E-state index in [1.165, 1.54) is 21.3 Å². The summed E-state index contributed by atoms with van der Waals surface area (Å²) in [5, 5.41) is 0. The molecule has 2 saturated carbocycles. The van der Waals surface area contributed by atoms with Gasteiger partial charge in [-0.2, -0.15) is 0 Å². The van der Waals surface area contributed by atoms with E-state index in [1.807, 2.05) is 0 Å². The summed E-state index contributed by atoms with van der Waals surface area (Å²) in [6.45, 7) is 0. The topological polar surface area (TPSA) is 96.0 Å². The number of Topliss-reactive ketones (excluding diaryl/α,β-unsaturated/α-hetero) is 1. The van der Waals surface area contributed by atoms with E-state index in [9.17, 15) is 19.2 Å². The number of methoxy groups -OCH3 is 3. The monoisotopic (exact) mass is 326 g/mol. The highest BCUT2D eigenvalue weighted by molar-refractivity contribution is 6.02. The smallest absolute Gasteiger partial charge is 0.323 e. The molecule has 0 aliphatic heterocycles. The van der Waals surface area contributed by atoms with Crippen molar-refractivity contribution >= 4 is 23.7 Å². The highest BCUT2D eigenvalue weighted by Gasteiger charge is 2.65. The van der Waals surface area contributed by atoms with Crippen LogP contribution in [0.3, 0.4) is 0 Å². The Bertz CT molecular complexity index is 509. The Labute approximate surface area is 134 Å². The van der Waals surface area contributed by atoms with Crippen LogP contribution in [0.25, 0.3) is 0 Å². The minimum Gasteiger partial charge on any atom is -0.469 e. The largest absolute Gasteiger partial charge is 0.469 e. The van der Waals surface area contributed by atoms with Crippen LogP contribution < -0.4 is 0 Å². The van der Waals surface area contributed by atoms with E-state index in [4.69, 9.17) is 9.47 Å². The third-order valence-electron chi connectivity index (χ3n) is 5.22. The first-order valence-corrected chi connectivity index (χ1v) is 7.68. The minimum atomic E-state index is -1.51. The summed E-state index contributed by atoms with van der Waals surface area (Å²) >= 11 is 0. The molecule has 2 aliphatic carbocycles. The van der Waals surface area contributed by atoms with Crippen molar-refractivity contribution < 1.29 is 33.4 Å². The first-order chi connectivity index (χ1) is 10.9. The Morgan fingerprint density at radius 3 is 2.22 bits per heavy atom. The molecular weight excluding hydrogens is 304 g/mol. The van der Waals surface area contributed by atoms with Crippen LogP contribution in [-0.4, -0.2) is 45.0 Å². The summed E-state index contributed by atoms with van der Waals surface area (Å²) in [6, 6.07) is 0. The molecule has 7 heteroatoms. The van der Waals surface area contributed by atoms with Gasteiger partial charge in [-0.25, -0.2) is 0 Å². The number of fused-ring (bicyclic) bond motifs is 1. The average molecular weight is 326 g/mol. The Morgan fingerprint density at radius 1 is 1.09 bits per heavy atom.